The fourth-order valence-corrected chi connectivity index (χ4v) is 4.81. The number of halogens is 3. The minimum Gasteiger partial charge on any atom is -0.484 e. The van der Waals surface area contributed by atoms with Crippen molar-refractivity contribution in [2.24, 2.45) is 5.73 Å². The number of primary amides is 1. The summed E-state index contributed by atoms with van der Waals surface area (Å²) in [5.74, 6) is -0.324. The number of alkyl halides is 3. The van der Waals surface area contributed by atoms with Crippen molar-refractivity contribution in [1.29, 1.82) is 0 Å². The van der Waals surface area contributed by atoms with E-state index in [-0.39, 0.29) is 29.2 Å². The van der Waals surface area contributed by atoms with E-state index >= 15 is 0 Å². The maximum Gasteiger partial charge on any atom is 0.422 e. The fraction of sp³-hybridized carbons (Fsp3) is 0.393. The van der Waals surface area contributed by atoms with Crippen molar-refractivity contribution in [2.45, 2.75) is 25.1 Å². The zero-order valence-electron chi connectivity index (χ0n) is 23.1. The van der Waals surface area contributed by atoms with Crippen LogP contribution in [-0.4, -0.2) is 90.1 Å². The number of amides is 2. The van der Waals surface area contributed by atoms with E-state index in [1.165, 1.54) is 12.1 Å². The van der Waals surface area contributed by atoms with Crippen molar-refractivity contribution in [3.63, 3.8) is 0 Å². The van der Waals surface area contributed by atoms with E-state index in [9.17, 15) is 22.8 Å². The quantitative estimate of drug-likeness (QED) is 0.334. The number of benzene rings is 2. The number of rotatable bonds is 9. The smallest absolute Gasteiger partial charge is 0.422 e. The number of nitrogens with zero attached hydrogens (tertiary/aromatic N) is 5. The highest BCUT2D eigenvalue weighted by Gasteiger charge is 2.28. The van der Waals surface area contributed by atoms with Gasteiger partial charge in [0.2, 0.25) is 5.95 Å². The predicted molar refractivity (Wildman–Crippen MR) is 152 cm³/mol. The molecule has 0 unspecified atom stereocenters. The predicted octanol–water partition coefficient (Wildman–Crippen LogP) is 3.21. The third-order valence-electron chi connectivity index (χ3n) is 6.93. The molecule has 2 saturated heterocycles. The number of carbonyl (C=O) groups excluding carboxylic acids is 2. The Balaban J connectivity index is 1.24. The monoisotopic (exact) mass is 600 g/mol. The number of nitrogens with two attached hydrogens (primary N) is 1. The topological polar surface area (TPSA) is 148 Å². The van der Waals surface area contributed by atoms with Crippen LogP contribution in [0.4, 0.5) is 36.3 Å². The Bertz CT molecular complexity index is 1420. The summed E-state index contributed by atoms with van der Waals surface area (Å²) in [5, 5.41) is 14.6. The van der Waals surface area contributed by atoms with Crippen LogP contribution in [0.2, 0.25) is 0 Å². The number of hydrogen-bond donors (Lipinski definition) is 3. The van der Waals surface area contributed by atoms with Gasteiger partial charge in [-0.2, -0.15) is 18.2 Å². The van der Waals surface area contributed by atoms with Crippen molar-refractivity contribution in [2.75, 3.05) is 61.5 Å². The Morgan fingerprint density at radius 3 is 2.37 bits per heavy atom. The highest BCUT2D eigenvalue weighted by atomic mass is 19.4. The third kappa shape index (κ3) is 8.00. The number of ether oxygens (including phenoxy) is 2. The first-order valence-corrected chi connectivity index (χ1v) is 13.7. The molecule has 0 saturated carbocycles. The van der Waals surface area contributed by atoms with E-state index in [4.69, 9.17) is 15.2 Å². The minimum atomic E-state index is -4.40. The molecule has 2 amide bonds. The molecule has 1 aromatic heterocycles. The first-order valence-electron chi connectivity index (χ1n) is 13.7. The molecule has 2 fully saturated rings. The van der Waals surface area contributed by atoms with Gasteiger partial charge in [-0.1, -0.05) is 0 Å². The van der Waals surface area contributed by atoms with Crippen molar-refractivity contribution >= 4 is 35.0 Å². The van der Waals surface area contributed by atoms with E-state index in [1.54, 1.807) is 41.3 Å². The molecule has 3 heterocycles. The molecule has 0 spiro atoms. The van der Waals surface area contributed by atoms with E-state index < -0.39 is 18.7 Å². The molecule has 2 aromatic carbocycles. The second kappa shape index (κ2) is 13.1. The maximum absolute atomic E-state index is 12.8. The molecule has 1 atom stereocenters. The van der Waals surface area contributed by atoms with Crippen molar-refractivity contribution in [3.05, 3.63) is 59.8 Å². The Labute approximate surface area is 245 Å². The van der Waals surface area contributed by atoms with Gasteiger partial charge in [0.1, 0.15) is 5.75 Å². The van der Waals surface area contributed by atoms with Gasteiger partial charge in [-0.25, -0.2) is 0 Å². The van der Waals surface area contributed by atoms with Gasteiger partial charge >= 0.3 is 6.18 Å². The normalized spacial score (nSPS) is 17.3. The molecular formula is C28H31F3N8O4. The molecule has 0 aliphatic carbocycles. The van der Waals surface area contributed by atoms with Crippen LogP contribution in [0.5, 0.6) is 5.75 Å². The van der Waals surface area contributed by atoms with Crippen molar-refractivity contribution in [1.82, 2.24) is 20.1 Å². The maximum atomic E-state index is 12.8. The molecule has 4 N–H and O–H groups in total. The highest BCUT2D eigenvalue weighted by Crippen LogP contribution is 2.25. The Morgan fingerprint density at radius 2 is 1.70 bits per heavy atom. The first kappa shape index (κ1) is 29.8. The standard InChI is InChI=1S/C28H31F3N8O4/c29-28(30,31)17-43-22-9-7-19(8-10-22)33-21-2-1-11-39(16-21)27-35-25(23(24(32)40)36-37-27)34-20-5-3-18(4-6-20)26(41)38-12-14-42-15-13-38/h3-10,21,33H,1-2,11-17H2,(H2,32,40)(H,34,35,37)/t21-/m1/s1. The largest absolute Gasteiger partial charge is 0.484 e. The SMILES string of the molecule is NC(=O)c1nnc(N2CCC[C@@H](Nc3ccc(OCC(F)(F)F)cc3)C2)nc1Nc1ccc(C(=O)N2CCOCC2)cc1. The van der Waals surface area contributed by atoms with Crippen LogP contribution < -0.4 is 26.0 Å². The van der Waals surface area contributed by atoms with Gasteiger partial charge in [0.05, 0.1) is 13.2 Å². The van der Waals surface area contributed by atoms with Gasteiger partial charge in [-0.05, 0) is 61.4 Å². The number of nitrogens with one attached hydrogen (secondary N) is 2. The Morgan fingerprint density at radius 1 is 1.00 bits per heavy atom. The number of morpholine rings is 1. The zero-order valence-corrected chi connectivity index (χ0v) is 23.1. The highest BCUT2D eigenvalue weighted by molar-refractivity contribution is 5.97. The number of carbonyl (C=O) groups is 2. The summed E-state index contributed by atoms with van der Waals surface area (Å²) in [6, 6.07) is 13.1. The van der Waals surface area contributed by atoms with Gasteiger partial charge in [-0.3, -0.25) is 9.59 Å². The van der Waals surface area contributed by atoms with Crippen molar-refractivity contribution < 1.29 is 32.2 Å². The second-order valence-corrected chi connectivity index (χ2v) is 10.1. The van der Waals surface area contributed by atoms with Crippen LogP contribution in [0.25, 0.3) is 0 Å². The van der Waals surface area contributed by atoms with Gasteiger partial charge in [0.15, 0.2) is 18.1 Å². The molecule has 12 nitrogen and oxygen atoms in total. The minimum absolute atomic E-state index is 0.0110. The van der Waals surface area contributed by atoms with Crippen molar-refractivity contribution in [3.8, 4) is 5.75 Å². The van der Waals surface area contributed by atoms with E-state index in [1.807, 2.05) is 4.90 Å². The Kier molecular flexibility index (Phi) is 9.09. The van der Waals surface area contributed by atoms with Crippen LogP contribution in [-0.2, 0) is 4.74 Å². The molecule has 43 heavy (non-hydrogen) atoms. The summed E-state index contributed by atoms with van der Waals surface area (Å²) in [7, 11) is 0. The lowest BCUT2D eigenvalue weighted by atomic mass is 10.1. The average Bonchev–Trinajstić information content (AvgIpc) is 3.01. The summed E-state index contributed by atoms with van der Waals surface area (Å²) < 4.78 is 47.3. The van der Waals surface area contributed by atoms with E-state index in [0.29, 0.717) is 56.6 Å². The summed E-state index contributed by atoms with van der Waals surface area (Å²) in [6.07, 6.45) is -2.75. The third-order valence-corrected chi connectivity index (χ3v) is 6.93. The summed E-state index contributed by atoms with van der Waals surface area (Å²) in [4.78, 5) is 33.0. The van der Waals surface area contributed by atoms with Gasteiger partial charge in [0, 0.05) is 49.2 Å². The van der Waals surface area contributed by atoms with Crippen LogP contribution in [0.1, 0.15) is 33.7 Å². The molecule has 3 aromatic rings. The Hall–Kier alpha value is -4.66. The molecule has 228 valence electrons. The molecule has 0 radical (unpaired) electrons. The van der Waals surface area contributed by atoms with Crippen LogP contribution in [0.15, 0.2) is 48.5 Å². The first-order chi connectivity index (χ1) is 20.6. The van der Waals surface area contributed by atoms with Gasteiger partial charge < -0.3 is 35.6 Å². The lowest BCUT2D eigenvalue weighted by molar-refractivity contribution is -0.153. The summed E-state index contributed by atoms with van der Waals surface area (Å²) in [6.45, 7) is 1.91. The number of hydrogen-bond acceptors (Lipinski definition) is 10. The average molecular weight is 601 g/mol. The molecular weight excluding hydrogens is 569 g/mol. The summed E-state index contributed by atoms with van der Waals surface area (Å²) >= 11 is 0. The summed E-state index contributed by atoms with van der Waals surface area (Å²) in [5.41, 5.74) is 7.24. The number of anilines is 4. The van der Waals surface area contributed by atoms with Crippen LogP contribution in [0, 0.1) is 0 Å². The van der Waals surface area contributed by atoms with E-state index in [2.05, 4.69) is 25.8 Å². The molecule has 0 bridgehead atoms. The van der Waals surface area contributed by atoms with Crippen LogP contribution >= 0.6 is 0 Å². The zero-order chi connectivity index (χ0) is 30.4. The lowest BCUT2D eigenvalue weighted by Crippen LogP contribution is -2.43. The fourth-order valence-electron chi connectivity index (χ4n) is 4.81. The van der Waals surface area contributed by atoms with Gasteiger partial charge in [0.25, 0.3) is 11.8 Å². The lowest BCUT2D eigenvalue weighted by Gasteiger charge is -2.33. The number of aromatic nitrogens is 3. The van der Waals surface area contributed by atoms with Crippen LogP contribution in [0.3, 0.4) is 0 Å². The second-order valence-electron chi connectivity index (χ2n) is 10.1. The molecule has 2 aliphatic heterocycles. The molecule has 5 rings (SSSR count). The number of piperidine rings is 1. The molecule has 2 aliphatic rings. The van der Waals surface area contributed by atoms with E-state index in [0.717, 1.165) is 18.5 Å². The van der Waals surface area contributed by atoms with Gasteiger partial charge in [-0.15, -0.1) is 10.2 Å². The molecule has 15 heteroatoms.